The normalized spacial score (nSPS) is 15.8. The molecule has 1 amide bonds. The Balaban J connectivity index is 1.39. The first kappa shape index (κ1) is 18.9. The average molecular weight is 372 g/mol. The third-order valence-corrected chi connectivity index (χ3v) is 5.25. The quantitative estimate of drug-likeness (QED) is 0.844. The van der Waals surface area contributed by atoms with Crippen molar-refractivity contribution in [1.29, 1.82) is 0 Å². The average Bonchev–Trinajstić information content (AvgIpc) is 2.65. The van der Waals surface area contributed by atoms with Gasteiger partial charge in [0.15, 0.2) is 0 Å². The lowest BCUT2D eigenvalue weighted by Crippen LogP contribution is -2.49. The summed E-state index contributed by atoms with van der Waals surface area (Å²) in [7, 11) is 0. The van der Waals surface area contributed by atoms with Crippen molar-refractivity contribution in [2.24, 2.45) is 0 Å². The highest BCUT2D eigenvalue weighted by molar-refractivity contribution is 6.31. The van der Waals surface area contributed by atoms with Gasteiger partial charge in [0.05, 0.1) is 6.54 Å². The minimum Gasteiger partial charge on any atom is -0.325 e. The molecule has 0 radical (unpaired) electrons. The SMILES string of the molecule is Cc1ccc(NC(=O)CN2CCN(CCc3ccccc3)CC2)cc1Cl. The van der Waals surface area contributed by atoms with E-state index >= 15 is 0 Å². The van der Waals surface area contributed by atoms with E-state index in [1.807, 2.05) is 19.1 Å². The number of aryl methyl sites for hydroxylation is 1. The molecular formula is C21H26ClN3O. The summed E-state index contributed by atoms with van der Waals surface area (Å²) >= 11 is 6.11. The van der Waals surface area contributed by atoms with Crippen LogP contribution in [0.2, 0.25) is 5.02 Å². The fourth-order valence-electron chi connectivity index (χ4n) is 3.18. The number of benzene rings is 2. The highest BCUT2D eigenvalue weighted by atomic mass is 35.5. The van der Waals surface area contributed by atoms with Crippen LogP contribution < -0.4 is 5.32 Å². The smallest absolute Gasteiger partial charge is 0.238 e. The molecule has 1 saturated heterocycles. The predicted molar refractivity (Wildman–Crippen MR) is 108 cm³/mol. The maximum Gasteiger partial charge on any atom is 0.238 e. The maximum atomic E-state index is 12.3. The van der Waals surface area contributed by atoms with Crippen LogP contribution in [0.1, 0.15) is 11.1 Å². The van der Waals surface area contributed by atoms with E-state index in [4.69, 9.17) is 11.6 Å². The molecule has 5 heteroatoms. The molecule has 2 aromatic carbocycles. The van der Waals surface area contributed by atoms with E-state index in [9.17, 15) is 4.79 Å². The summed E-state index contributed by atoms with van der Waals surface area (Å²) < 4.78 is 0. The van der Waals surface area contributed by atoms with E-state index in [-0.39, 0.29) is 5.91 Å². The van der Waals surface area contributed by atoms with Gasteiger partial charge in [-0.1, -0.05) is 48.0 Å². The number of nitrogens with one attached hydrogen (secondary N) is 1. The largest absolute Gasteiger partial charge is 0.325 e. The second-order valence-corrected chi connectivity index (χ2v) is 7.27. The van der Waals surface area contributed by atoms with Crippen LogP contribution in [-0.4, -0.2) is 55.0 Å². The zero-order valence-corrected chi connectivity index (χ0v) is 16.0. The molecule has 0 aliphatic carbocycles. The highest BCUT2D eigenvalue weighted by Gasteiger charge is 2.18. The summed E-state index contributed by atoms with van der Waals surface area (Å²) in [5.41, 5.74) is 3.15. The van der Waals surface area contributed by atoms with Crippen LogP contribution in [0, 0.1) is 6.92 Å². The number of piperazine rings is 1. The van der Waals surface area contributed by atoms with Gasteiger partial charge in [-0.2, -0.15) is 0 Å². The summed E-state index contributed by atoms with van der Waals surface area (Å²) in [6, 6.07) is 16.2. The van der Waals surface area contributed by atoms with E-state index in [1.165, 1.54) is 5.56 Å². The lowest BCUT2D eigenvalue weighted by molar-refractivity contribution is -0.117. The third-order valence-electron chi connectivity index (χ3n) is 4.85. The summed E-state index contributed by atoms with van der Waals surface area (Å²) in [6.07, 6.45) is 1.08. The van der Waals surface area contributed by atoms with Gasteiger partial charge in [0.25, 0.3) is 0 Å². The molecule has 0 aromatic heterocycles. The first-order chi connectivity index (χ1) is 12.6. The Labute approximate surface area is 160 Å². The first-order valence-electron chi connectivity index (χ1n) is 9.15. The van der Waals surface area contributed by atoms with Crippen LogP contribution in [0.4, 0.5) is 5.69 Å². The predicted octanol–water partition coefficient (Wildman–Crippen LogP) is 3.45. The number of anilines is 1. The molecule has 4 nitrogen and oxygen atoms in total. The Hall–Kier alpha value is -1.88. The Kier molecular flexibility index (Phi) is 6.67. The van der Waals surface area contributed by atoms with Crippen molar-refractivity contribution in [3.63, 3.8) is 0 Å². The molecule has 1 heterocycles. The van der Waals surface area contributed by atoms with Gasteiger partial charge in [0.1, 0.15) is 0 Å². The lowest BCUT2D eigenvalue weighted by Gasteiger charge is -2.34. The van der Waals surface area contributed by atoms with Crippen LogP contribution in [-0.2, 0) is 11.2 Å². The summed E-state index contributed by atoms with van der Waals surface area (Å²) in [5.74, 6) is 0.0163. The molecular weight excluding hydrogens is 346 g/mol. The Morgan fingerprint density at radius 2 is 1.73 bits per heavy atom. The van der Waals surface area contributed by atoms with Crippen molar-refractivity contribution in [3.8, 4) is 0 Å². The second-order valence-electron chi connectivity index (χ2n) is 6.87. The van der Waals surface area contributed by atoms with Crippen molar-refractivity contribution in [3.05, 3.63) is 64.7 Å². The van der Waals surface area contributed by atoms with Gasteiger partial charge in [0, 0.05) is 43.4 Å². The minimum atomic E-state index is 0.0163. The van der Waals surface area contributed by atoms with E-state index in [0.29, 0.717) is 11.6 Å². The van der Waals surface area contributed by atoms with Gasteiger partial charge in [0.2, 0.25) is 5.91 Å². The molecule has 1 aliphatic heterocycles. The Morgan fingerprint density at radius 1 is 1.04 bits per heavy atom. The third kappa shape index (κ3) is 5.56. The monoisotopic (exact) mass is 371 g/mol. The molecule has 2 aromatic rings. The van der Waals surface area contributed by atoms with Gasteiger partial charge >= 0.3 is 0 Å². The van der Waals surface area contributed by atoms with Crippen molar-refractivity contribution in [2.75, 3.05) is 44.6 Å². The molecule has 26 heavy (non-hydrogen) atoms. The van der Waals surface area contributed by atoms with Crippen LogP contribution in [0.25, 0.3) is 0 Å². The number of amides is 1. The number of rotatable bonds is 6. The topological polar surface area (TPSA) is 35.6 Å². The molecule has 0 bridgehead atoms. The van der Waals surface area contributed by atoms with Crippen LogP contribution in [0.15, 0.2) is 48.5 Å². The Morgan fingerprint density at radius 3 is 2.42 bits per heavy atom. The van der Waals surface area contributed by atoms with E-state index in [1.54, 1.807) is 6.07 Å². The first-order valence-corrected chi connectivity index (χ1v) is 9.52. The molecule has 1 N–H and O–H groups in total. The number of nitrogens with zero attached hydrogens (tertiary/aromatic N) is 2. The lowest BCUT2D eigenvalue weighted by atomic mass is 10.1. The number of hydrogen-bond acceptors (Lipinski definition) is 3. The molecule has 0 saturated carbocycles. The zero-order valence-electron chi connectivity index (χ0n) is 15.2. The summed E-state index contributed by atoms with van der Waals surface area (Å²) in [6.45, 7) is 7.33. The summed E-state index contributed by atoms with van der Waals surface area (Å²) in [4.78, 5) is 16.9. The van der Waals surface area contributed by atoms with Crippen molar-refractivity contribution in [1.82, 2.24) is 9.80 Å². The van der Waals surface area contributed by atoms with Crippen LogP contribution >= 0.6 is 11.6 Å². The van der Waals surface area contributed by atoms with Crippen molar-refractivity contribution >= 4 is 23.2 Å². The van der Waals surface area contributed by atoms with Crippen LogP contribution in [0.3, 0.4) is 0 Å². The molecule has 1 aliphatic rings. The minimum absolute atomic E-state index is 0.0163. The number of halogens is 1. The van der Waals surface area contributed by atoms with Crippen molar-refractivity contribution < 1.29 is 4.79 Å². The van der Waals surface area contributed by atoms with Gasteiger partial charge in [-0.25, -0.2) is 0 Å². The van der Waals surface area contributed by atoms with Crippen molar-refractivity contribution in [2.45, 2.75) is 13.3 Å². The molecule has 3 rings (SSSR count). The van der Waals surface area contributed by atoms with Crippen LogP contribution in [0.5, 0.6) is 0 Å². The zero-order chi connectivity index (χ0) is 18.4. The molecule has 0 unspecified atom stereocenters. The standard InChI is InChI=1S/C21H26ClN3O/c1-17-7-8-19(15-20(17)22)23-21(26)16-25-13-11-24(12-14-25)10-9-18-5-3-2-4-6-18/h2-8,15H,9-14,16H2,1H3,(H,23,26). The number of carbonyl (C=O) groups excluding carboxylic acids is 1. The van der Waals surface area contributed by atoms with Gasteiger partial charge in [-0.05, 0) is 36.6 Å². The molecule has 0 atom stereocenters. The fraction of sp³-hybridized carbons (Fsp3) is 0.381. The van der Waals surface area contributed by atoms with Gasteiger partial charge in [-0.15, -0.1) is 0 Å². The number of carbonyl (C=O) groups is 1. The summed E-state index contributed by atoms with van der Waals surface area (Å²) in [5, 5.41) is 3.61. The Bertz CT molecular complexity index is 727. The molecule has 0 spiro atoms. The van der Waals surface area contributed by atoms with Gasteiger partial charge in [-0.3, -0.25) is 9.69 Å². The fourth-order valence-corrected chi connectivity index (χ4v) is 3.36. The number of hydrogen-bond donors (Lipinski definition) is 1. The highest BCUT2D eigenvalue weighted by Crippen LogP contribution is 2.19. The van der Waals surface area contributed by atoms with Gasteiger partial charge < -0.3 is 10.2 Å². The second kappa shape index (κ2) is 9.17. The molecule has 1 fully saturated rings. The van der Waals surface area contributed by atoms with E-state index in [2.05, 4.69) is 45.4 Å². The van der Waals surface area contributed by atoms with E-state index in [0.717, 1.165) is 50.4 Å². The van der Waals surface area contributed by atoms with E-state index < -0.39 is 0 Å². The molecule has 138 valence electrons. The maximum absolute atomic E-state index is 12.3.